The maximum atomic E-state index is 11.0. The zero-order valence-electron chi connectivity index (χ0n) is 9.30. The first kappa shape index (κ1) is 13.2. The van der Waals surface area contributed by atoms with Crippen LogP contribution in [0.25, 0.3) is 0 Å². The molecule has 0 saturated heterocycles. The van der Waals surface area contributed by atoms with E-state index in [2.05, 4.69) is 8.83 Å². The summed E-state index contributed by atoms with van der Waals surface area (Å²) >= 11 is 0. The lowest BCUT2D eigenvalue weighted by Gasteiger charge is -2.11. The van der Waals surface area contributed by atoms with Gasteiger partial charge in [-0.15, -0.1) is 0 Å². The molecule has 0 bridgehead atoms. The SMILES string of the molecule is Cc1oc(=O)oc1COC(CCC=O)C(N)=O. The van der Waals surface area contributed by atoms with E-state index in [-0.39, 0.29) is 31.0 Å². The molecule has 0 aliphatic rings. The van der Waals surface area contributed by atoms with Crippen molar-refractivity contribution in [2.24, 2.45) is 5.73 Å². The molecule has 0 radical (unpaired) electrons. The van der Waals surface area contributed by atoms with Gasteiger partial charge in [-0.2, -0.15) is 0 Å². The Labute approximate surface area is 96.5 Å². The molecule has 0 saturated carbocycles. The Morgan fingerprint density at radius 2 is 2.24 bits per heavy atom. The summed E-state index contributed by atoms with van der Waals surface area (Å²) in [5.41, 5.74) is 5.09. The van der Waals surface area contributed by atoms with Crippen LogP contribution < -0.4 is 11.6 Å². The average molecular weight is 243 g/mol. The van der Waals surface area contributed by atoms with Gasteiger partial charge in [0.15, 0.2) is 5.76 Å². The van der Waals surface area contributed by atoms with Gasteiger partial charge in [0.2, 0.25) is 5.91 Å². The van der Waals surface area contributed by atoms with Crippen LogP contribution >= 0.6 is 0 Å². The van der Waals surface area contributed by atoms with Crippen molar-refractivity contribution < 1.29 is 23.2 Å². The molecule has 1 heterocycles. The van der Waals surface area contributed by atoms with Crippen LogP contribution in [0, 0.1) is 6.92 Å². The zero-order chi connectivity index (χ0) is 12.8. The number of amides is 1. The number of carbonyl (C=O) groups is 2. The summed E-state index contributed by atoms with van der Waals surface area (Å²) in [7, 11) is 0. The molecule has 2 N–H and O–H groups in total. The Balaban J connectivity index is 2.57. The number of rotatable bonds is 7. The van der Waals surface area contributed by atoms with Crippen molar-refractivity contribution in [2.75, 3.05) is 0 Å². The summed E-state index contributed by atoms with van der Waals surface area (Å²) in [6.07, 6.45) is 0.143. The van der Waals surface area contributed by atoms with Crippen LogP contribution in [0.15, 0.2) is 13.6 Å². The molecule has 0 aliphatic carbocycles. The third-order valence-corrected chi connectivity index (χ3v) is 2.12. The highest BCUT2D eigenvalue weighted by Crippen LogP contribution is 2.10. The number of aryl methyl sites for hydroxylation is 1. The molecule has 1 unspecified atom stereocenters. The highest BCUT2D eigenvalue weighted by molar-refractivity contribution is 5.79. The van der Waals surface area contributed by atoms with Gasteiger partial charge in [-0.25, -0.2) is 4.79 Å². The number of carbonyl (C=O) groups excluding carboxylic acids is 2. The minimum Gasteiger partial charge on any atom is -0.396 e. The van der Waals surface area contributed by atoms with Crippen LogP contribution in [0.2, 0.25) is 0 Å². The van der Waals surface area contributed by atoms with Gasteiger partial charge in [-0.3, -0.25) is 4.79 Å². The Kier molecular flexibility index (Phi) is 4.65. The fraction of sp³-hybridized carbons (Fsp3) is 0.500. The second-order valence-electron chi connectivity index (χ2n) is 3.38. The molecule has 1 atom stereocenters. The molecule has 1 amide bonds. The molecule has 17 heavy (non-hydrogen) atoms. The molecule has 1 aromatic heterocycles. The molecular formula is C10H13NO6. The predicted molar refractivity (Wildman–Crippen MR) is 55.1 cm³/mol. The minimum absolute atomic E-state index is 0.107. The average Bonchev–Trinajstić information content (AvgIpc) is 2.57. The van der Waals surface area contributed by atoms with Crippen molar-refractivity contribution >= 4 is 12.2 Å². The van der Waals surface area contributed by atoms with E-state index < -0.39 is 17.8 Å². The van der Waals surface area contributed by atoms with E-state index in [0.29, 0.717) is 6.29 Å². The number of aldehydes is 1. The number of hydrogen-bond acceptors (Lipinski definition) is 6. The molecule has 1 aromatic rings. The van der Waals surface area contributed by atoms with Crippen LogP contribution in [0.5, 0.6) is 0 Å². The Bertz CT molecular complexity index is 446. The van der Waals surface area contributed by atoms with Gasteiger partial charge in [0, 0.05) is 6.42 Å². The molecule has 0 fully saturated rings. The predicted octanol–water partition coefficient (Wildman–Crippen LogP) is -0.109. The monoisotopic (exact) mass is 243 g/mol. The first-order valence-corrected chi connectivity index (χ1v) is 4.98. The van der Waals surface area contributed by atoms with Crippen molar-refractivity contribution in [1.29, 1.82) is 0 Å². The van der Waals surface area contributed by atoms with Crippen LogP contribution in [0.3, 0.4) is 0 Å². The van der Waals surface area contributed by atoms with E-state index in [0.717, 1.165) is 0 Å². The maximum Gasteiger partial charge on any atom is 0.519 e. The van der Waals surface area contributed by atoms with Crippen molar-refractivity contribution in [3.8, 4) is 0 Å². The summed E-state index contributed by atoms with van der Waals surface area (Å²) in [5, 5.41) is 0. The lowest BCUT2D eigenvalue weighted by atomic mass is 10.2. The van der Waals surface area contributed by atoms with E-state index in [1.165, 1.54) is 6.92 Å². The summed E-state index contributed by atoms with van der Waals surface area (Å²) < 4.78 is 14.5. The van der Waals surface area contributed by atoms with Gasteiger partial charge in [-0.1, -0.05) is 0 Å². The first-order chi connectivity index (χ1) is 8.04. The van der Waals surface area contributed by atoms with Crippen molar-refractivity contribution in [3.05, 3.63) is 22.1 Å². The molecule has 94 valence electrons. The smallest absolute Gasteiger partial charge is 0.396 e. The van der Waals surface area contributed by atoms with Crippen molar-refractivity contribution in [3.63, 3.8) is 0 Å². The summed E-state index contributed by atoms with van der Waals surface area (Å²) in [6.45, 7) is 1.43. The lowest BCUT2D eigenvalue weighted by Crippen LogP contribution is -2.31. The van der Waals surface area contributed by atoms with E-state index in [4.69, 9.17) is 10.5 Å². The van der Waals surface area contributed by atoms with Gasteiger partial charge < -0.3 is 24.1 Å². The van der Waals surface area contributed by atoms with Crippen molar-refractivity contribution in [1.82, 2.24) is 0 Å². The van der Waals surface area contributed by atoms with E-state index in [1.54, 1.807) is 0 Å². The quantitative estimate of drug-likeness (QED) is 0.668. The second kappa shape index (κ2) is 6.00. The molecular weight excluding hydrogens is 230 g/mol. The second-order valence-corrected chi connectivity index (χ2v) is 3.38. The van der Waals surface area contributed by atoms with Gasteiger partial charge in [-0.05, 0) is 13.3 Å². The highest BCUT2D eigenvalue weighted by atomic mass is 16.6. The van der Waals surface area contributed by atoms with Gasteiger partial charge in [0.05, 0.1) is 0 Å². The Morgan fingerprint density at radius 3 is 2.71 bits per heavy atom. The van der Waals surface area contributed by atoms with Crippen LogP contribution in [0.1, 0.15) is 24.4 Å². The van der Waals surface area contributed by atoms with E-state index >= 15 is 0 Å². The van der Waals surface area contributed by atoms with Crippen LogP contribution in [0.4, 0.5) is 0 Å². The third kappa shape index (κ3) is 3.87. The zero-order valence-corrected chi connectivity index (χ0v) is 9.30. The summed E-state index contributed by atoms with van der Waals surface area (Å²) in [5.74, 6) is -1.01. The molecule has 7 heteroatoms. The lowest BCUT2D eigenvalue weighted by molar-refractivity contribution is -0.131. The minimum atomic E-state index is -0.889. The Hall–Kier alpha value is -1.89. The van der Waals surface area contributed by atoms with E-state index in [9.17, 15) is 14.4 Å². The molecule has 1 rings (SSSR count). The fourth-order valence-electron chi connectivity index (χ4n) is 1.21. The molecule has 0 aliphatic heterocycles. The Morgan fingerprint density at radius 1 is 1.53 bits per heavy atom. The molecule has 0 aromatic carbocycles. The van der Waals surface area contributed by atoms with Gasteiger partial charge in [0.25, 0.3) is 0 Å². The highest BCUT2D eigenvalue weighted by Gasteiger charge is 2.18. The van der Waals surface area contributed by atoms with Crippen LogP contribution in [-0.2, 0) is 20.9 Å². The largest absolute Gasteiger partial charge is 0.519 e. The topological polar surface area (TPSA) is 113 Å². The first-order valence-electron chi connectivity index (χ1n) is 4.98. The van der Waals surface area contributed by atoms with Gasteiger partial charge >= 0.3 is 5.82 Å². The summed E-state index contributed by atoms with van der Waals surface area (Å²) in [4.78, 5) is 31.9. The number of hydrogen-bond donors (Lipinski definition) is 1. The van der Waals surface area contributed by atoms with Crippen LogP contribution in [-0.4, -0.2) is 18.3 Å². The molecule has 7 nitrogen and oxygen atoms in total. The number of primary amides is 1. The van der Waals surface area contributed by atoms with E-state index in [1.807, 2.05) is 0 Å². The standard InChI is InChI=1S/C10H13NO6/c1-6-8(17-10(14)16-6)5-15-7(9(11)13)3-2-4-12/h4,7H,2-3,5H2,1H3,(H2,11,13). The maximum absolute atomic E-state index is 11.0. The van der Waals surface area contributed by atoms with Crippen molar-refractivity contribution in [2.45, 2.75) is 32.5 Å². The fourth-order valence-corrected chi connectivity index (χ4v) is 1.21. The summed E-state index contributed by atoms with van der Waals surface area (Å²) in [6, 6.07) is 0. The van der Waals surface area contributed by atoms with Gasteiger partial charge in [0.1, 0.15) is 24.8 Å². The number of nitrogens with two attached hydrogens (primary N) is 1. The number of ether oxygens (including phenoxy) is 1. The third-order valence-electron chi connectivity index (χ3n) is 2.12. The normalized spacial score (nSPS) is 12.3. The molecule has 0 spiro atoms.